The summed E-state index contributed by atoms with van der Waals surface area (Å²) in [5.74, 6) is 2.68. The zero-order valence-corrected chi connectivity index (χ0v) is 13.3. The van der Waals surface area contributed by atoms with Crippen LogP contribution in [0.15, 0.2) is 6.07 Å². The topological polar surface area (TPSA) is 29.5 Å². The van der Waals surface area contributed by atoms with E-state index in [0.717, 1.165) is 37.2 Å². The Morgan fingerprint density at radius 1 is 1.47 bits per heavy atom. The Hall–Kier alpha value is -0.0300. The zero-order chi connectivity index (χ0) is 13.5. The molecule has 0 aliphatic carbocycles. The Morgan fingerprint density at radius 3 is 2.95 bits per heavy atom. The molecule has 2 aliphatic rings. The largest absolute Gasteiger partial charge is 0.388 e. The lowest BCUT2D eigenvalue weighted by atomic mass is 9.80. The molecule has 3 rings (SSSR count). The second-order valence-electron chi connectivity index (χ2n) is 5.90. The first kappa shape index (κ1) is 13.9. The molecule has 1 N–H and O–H groups in total. The van der Waals surface area contributed by atoms with E-state index in [4.69, 9.17) is 4.74 Å². The second-order valence-corrected chi connectivity index (χ2v) is 8.47. The van der Waals surface area contributed by atoms with Crippen molar-refractivity contribution in [3.05, 3.63) is 21.4 Å². The fourth-order valence-corrected chi connectivity index (χ4v) is 5.74. The van der Waals surface area contributed by atoms with E-state index in [0.29, 0.717) is 5.92 Å². The van der Waals surface area contributed by atoms with Crippen molar-refractivity contribution in [2.75, 3.05) is 18.1 Å². The Bertz CT molecular complexity index is 449. The van der Waals surface area contributed by atoms with Crippen molar-refractivity contribution in [2.45, 2.75) is 44.8 Å². The van der Waals surface area contributed by atoms with Gasteiger partial charge in [0.05, 0.1) is 11.7 Å². The molecular weight excluding hydrogens is 276 g/mol. The van der Waals surface area contributed by atoms with Crippen molar-refractivity contribution in [1.29, 1.82) is 0 Å². The summed E-state index contributed by atoms with van der Waals surface area (Å²) in [6.07, 6.45) is 2.86. The highest BCUT2D eigenvalue weighted by atomic mass is 32.2. The highest BCUT2D eigenvalue weighted by Crippen LogP contribution is 2.45. The summed E-state index contributed by atoms with van der Waals surface area (Å²) < 4.78 is 6.05. The number of hydrogen-bond acceptors (Lipinski definition) is 4. The molecule has 3 atom stereocenters. The van der Waals surface area contributed by atoms with Crippen LogP contribution < -0.4 is 0 Å². The van der Waals surface area contributed by atoms with Crippen LogP contribution >= 0.6 is 23.1 Å². The molecule has 2 nitrogen and oxygen atoms in total. The molecule has 0 saturated carbocycles. The summed E-state index contributed by atoms with van der Waals surface area (Å²) in [5.41, 5.74) is 1.21. The standard InChI is InChI=1S/C15H22O2S2/c1-10-7-13(11(2)19-10)14(16)12-3-5-17-15(8-12)4-6-18-9-15/h7,12,14,16H,3-6,8-9H2,1-2H3. The van der Waals surface area contributed by atoms with Gasteiger partial charge < -0.3 is 9.84 Å². The van der Waals surface area contributed by atoms with E-state index in [1.165, 1.54) is 15.5 Å². The molecule has 2 aliphatic heterocycles. The van der Waals surface area contributed by atoms with Gasteiger partial charge in [-0.1, -0.05) is 0 Å². The summed E-state index contributed by atoms with van der Waals surface area (Å²) >= 11 is 3.78. The van der Waals surface area contributed by atoms with Crippen molar-refractivity contribution < 1.29 is 9.84 Å². The third-order valence-corrected chi connectivity index (χ3v) is 6.65. The van der Waals surface area contributed by atoms with Crippen molar-refractivity contribution >= 4 is 23.1 Å². The van der Waals surface area contributed by atoms with Crippen molar-refractivity contribution in [3.63, 3.8) is 0 Å². The molecular formula is C15H22O2S2. The number of aryl methyl sites for hydroxylation is 2. The van der Waals surface area contributed by atoms with E-state index in [1.54, 1.807) is 11.3 Å². The number of aliphatic hydroxyl groups excluding tert-OH is 1. The quantitative estimate of drug-likeness (QED) is 0.903. The normalized spacial score (nSPS) is 32.9. The van der Waals surface area contributed by atoms with Gasteiger partial charge in [-0.25, -0.2) is 0 Å². The van der Waals surface area contributed by atoms with Gasteiger partial charge in [-0.05, 0) is 56.4 Å². The third-order valence-electron chi connectivity index (χ3n) is 4.44. The minimum Gasteiger partial charge on any atom is -0.388 e. The van der Waals surface area contributed by atoms with Crippen LogP contribution in [-0.2, 0) is 4.74 Å². The summed E-state index contributed by atoms with van der Waals surface area (Å²) in [5, 5.41) is 10.7. The summed E-state index contributed by atoms with van der Waals surface area (Å²) in [6, 6.07) is 2.16. The Morgan fingerprint density at radius 2 is 2.32 bits per heavy atom. The van der Waals surface area contributed by atoms with Crippen LogP contribution in [0.3, 0.4) is 0 Å². The molecule has 0 radical (unpaired) electrons. The zero-order valence-electron chi connectivity index (χ0n) is 11.6. The van der Waals surface area contributed by atoms with E-state index in [2.05, 4.69) is 19.9 Å². The third kappa shape index (κ3) is 2.73. The minimum absolute atomic E-state index is 0.0630. The summed E-state index contributed by atoms with van der Waals surface area (Å²) in [4.78, 5) is 2.57. The minimum atomic E-state index is -0.309. The SMILES string of the molecule is Cc1cc(C(O)C2CCOC3(CCSC3)C2)c(C)s1. The maximum absolute atomic E-state index is 10.7. The lowest BCUT2D eigenvalue weighted by Crippen LogP contribution is -2.41. The number of thiophene rings is 1. The molecule has 19 heavy (non-hydrogen) atoms. The smallest absolute Gasteiger partial charge is 0.0830 e. The fraction of sp³-hybridized carbons (Fsp3) is 0.733. The van der Waals surface area contributed by atoms with Crippen LogP contribution in [-0.4, -0.2) is 28.8 Å². The first-order valence-electron chi connectivity index (χ1n) is 7.06. The fourth-order valence-electron chi connectivity index (χ4n) is 3.40. The lowest BCUT2D eigenvalue weighted by Gasteiger charge is -2.39. The van der Waals surface area contributed by atoms with Gasteiger partial charge in [0, 0.05) is 22.1 Å². The van der Waals surface area contributed by atoms with Gasteiger partial charge >= 0.3 is 0 Å². The van der Waals surface area contributed by atoms with Gasteiger partial charge in [-0.3, -0.25) is 0 Å². The molecule has 0 amide bonds. The highest BCUT2D eigenvalue weighted by Gasteiger charge is 2.42. The predicted octanol–water partition coefficient (Wildman–Crippen LogP) is 3.70. The van der Waals surface area contributed by atoms with Gasteiger partial charge in [0.25, 0.3) is 0 Å². The van der Waals surface area contributed by atoms with Crippen LogP contribution in [0, 0.1) is 19.8 Å². The molecule has 3 heterocycles. The number of ether oxygens (including phenoxy) is 1. The maximum Gasteiger partial charge on any atom is 0.0830 e. The first-order valence-corrected chi connectivity index (χ1v) is 9.03. The molecule has 0 aromatic carbocycles. The van der Waals surface area contributed by atoms with E-state index in [-0.39, 0.29) is 11.7 Å². The monoisotopic (exact) mass is 298 g/mol. The van der Waals surface area contributed by atoms with Crippen LogP contribution in [0.4, 0.5) is 0 Å². The molecule has 106 valence electrons. The maximum atomic E-state index is 10.7. The van der Waals surface area contributed by atoms with Gasteiger partial charge in [0.2, 0.25) is 0 Å². The molecule has 4 heteroatoms. The van der Waals surface area contributed by atoms with Crippen molar-refractivity contribution in [2.24, 2.45) is 5.92 Å². The van der Waals surface area contributed by atoms with Crippen LogP contribution in [0.1, 0.15) is 40.7 Å². The van der Waals surface area contributed by atoms with Crippen molar-refractivity contribution in [1.82, 2.24) is 0 Å². The van der Waals surface area contributed by atoms with Gasteiger partial charge in [-0.2, -0.15) is 11.8 Å². The number of aliphatic hydroxyl groups is 1. The highest BCUT2D eigenvalue weighted by molar-refractivity contribution is 7.99. The first-order chi connectivity index (χ1) is 9.10. The van der Waals surface area contributed by atoms with E-state index in [9.17, 15) is 5.11 Å². The molecule has 2 saturated heterocycles. The van der Waals surface area contributed by atoms with Crippen LogP contribution in [0.25, 0.3) is 0 Å². The molecule has 0 bridgehead atoms. The van der Waals surface area contributed by atoms with Crippen LogP contribution in [0.5, 0.6) is 0 Å². The Labute approximate surface area is 123 Å². The summed E-state index contributed by atoms with van der Waals surface area (Å²) in [6.45, 7) is 5.05. The van der Waals surface area contributed by atoms with Crippen molar-refractivity contribution in [3.8, 4) is 0 Å². The Kier molecular flexibility index (Phi) is 3.96. The average Bonchev–Trinajstić information content (AvgIpc) is 2.96. The van der Waals surface area contributed by atoms with Gasteiger partial charge in [0.15, 0.2) is 0 Å². The molecule has 1 spiro atoms. The Balaban J connectivity index is 1.76. The predicted molar refractivity (Wildman–Crippen MR) is 82.1 cm³/mol. The van der Waals surface area contributed by atoms with Crippen LogP contribution in [0.2, 0.25) is 0 Å². The lowest BCUT2D eigenvalue weighted by molar-refractivity contribution is -0.102. The van der Waals surface area contributed by atoms with Gasteiger partial charge in [0.1, 0.15) is 0 Å². The summed E-state index contributed by atoms with van der Waals surface area (Å²) in [7, 11) is 0. The molecule has 3 unspecified atom stereocenters. The second kappa shape index (κ2) is 5.40. The number of rotatable bonds is 2. The van der Waals surface area contributed by atoms with E-state index >= 15 is 0 Å². The number of thioether (sulfide) groups is 1. The van der Waals surface area contributed by atoms with E-state index < -0.39 is 0 Å². The number of hydrogen-bond donors (Lipinski definition) is 1. The average molecular weight is 298 g/mol. The molecule has 1 aromatic rings. The van der Waals surface area contributed by atoms with E-state index in [1.807, 2.05) is 11.8 Å². The molecule has 1 aromatic heterocycles. The molecule has 2 fully saturated rings. The van der Waals surface area contributed by atoms with Gasteiger partial charge in [-0.15, -0.1) is 11.3 Å².